The van der Waals surface area contributed by atoms with E-state index >= 15 is 0 Å². The maximum absolute atomic E-state index is 14.1. The number of carbonyl (C=O) groups excluding carboxylic acids is 2. The molecule has 2 rings (SSSR count). The van der Waals surface area contributed by atoms with Crippen molar-refractivity contribution in [3.8, 4) is 0 Å². The Bertz CT molecular complexity index is 815. The highest BCUT2D eigenvalue weighted by Crippen LogP contribution is 2.24. The van der Waals surface area contributed by atoms with Crippen LogP contribution in [-0.2, 0) is 0 Å². The first kappa shape index (κ1) is 19.6. The first-order chi connectivity index (χ1) is 12.2. The van der Waals surface area contributed by atoms with Crippen LogP contribution >= 0.6 is 0 Å². The third-order valence-electron chi connectivity index (χ3n) is 3.81. The predicted molar refractivity (Wildman–Crippen MR) is 95.4 cm³/mol. The molecule has 0 N–H and O–H groups in total. The molecule has 0 atom stereocenters. The van der Waals surface area contributed by atoms with E-state index in [1.165, 1.54) is 41.4 Å². The summed E-state index contributed by atoms with van der Waals surface area (Å²) in [4.78, 5) is 25.9. The molecule has 0 heterocycles. The molecule has 4 nitrogen and oxygen atoms in total. The fraction of sp³-hybridized carbons (Fsp3) is 0.300. The van der Waals surface area contributed by atoms with Crippen LogP contribution in [-0.4, -0.2) is 33.9 Å². The number of hydrogen-bond acceptors (Lipinski definition) is 2. The van der Waals surface area contributed by atoms with Crippen LogP contribution < -0.4 is 0 Å². The van der Waals surface area contributed by atoms with Crippen LogP contribution in [0.25, 0.3) is 0 Å². The third kappa shape index (κ3) is 3.90. The lowest BCUT2D eigenvalue weighted by atomic mass is 10.1. The SMILES string of the molecule is CCN(C(=O)c1ccccc1F)N(C(=O)c1ccccc1F)C(C)(C)C. The summed E-state index contributed by atoms with van der Waals surface area (Å²) >= 11 is 0. The topological polar surface area (TPSA) is 40.6 Å². The molecule has 2 aromatic carbocycles. The van der Waals surface area contributed by atoms with E-state index in [1.54, 1.807) is 39.8 Å². The largest absolute Gasteiger partial charge is 0.275 e. The number of amides is 2. The fourth-order valence-corrected chi connectivity index (χ4v) is 2.67. The van der Waals surface area contributed by atoms with Crippen molar-refractivity contribution in [1.82, 2.24) is 10.0 Å². The van der Waals surface area contributed by atoms with E-state index in [0.717, 1.165) is 5.01 Å². The summed E-state index contributed by atoms with van der Waals surface area (Å²) in [7, 11) is 0. The minimum absolute atomic E-state index is 0.116. The normalized spacial score (nSPS) is 11.2. The number of halogens is 2. The summed E-state index contributed by atoms with van der Waals surface area (Å²) in [5.74, 6) is -2.68. The van der Waals surface area contributed by atoms with Gasteiger partial charge in [-0.15, -0.1) is 0 Å². The summed E-state index contributed by atoms with van der Waals surface area (Å²) in [6, 6.07) is 11.1. The third-order valence-corrected chi connectivity index (χ3v) is 3.81. The molecule has 2 aromatic rings. The second-order valence-corrected chi connectivity index (χ2v) is 6.77. The predicted octanol–water partition coefficient (Wildman–Crippen LogP) is 4.28. The number of benzene rings is 2. The molecule has 0 aliphatic heterocycles. The average Bonchev–Trinajstić information content (AvgIpc) is 2.58. The van der Waals surface area contributed by atoms with Gasteiger partial charge in [-0.25, -0.2) is 18.8 Å². The van der Waals surface area contributed by atoms with Gasteiger partial charge in [0.05, 0.1) is 16.7 Å². The zero-order chi connectivity index (χ0) is 19.5. The highest BCUT2D eigenvalue weighted by molar-refractivity contribution is 5.99. The quantitative estimate of drug-likeness (QED) is 0.767. The molecular formula is C20H22F2N2O2. The Hall–Kier alpha value is -2.76. The van der Waals surface area contributed by atoms with Crippen molar-refractivity contribution in [2.45, 2.75) is 33.2 Å². The summed E-state index contributed by atoms with van der Waals surface area (Å²) in [6.45, 7) is 6.96. The van der Waals surface area contributed by atoms with Crippen molar-refractivity contribution < 1.29 is 18.4 Å². The average molecular weight is 360 g/mol. The van der Waals surface area contributed by atoms with Gasteiger partial charge in [0.25, 0.3) is 11.8 Å². The molecule has 0 aliphatic rings. The molecule has 138 valence electrons. The Morgan fingerprint density at radius 3 is 1.65 bits per heavy atom. The Morgan fingerprint density at radius 1 is 0.846 bits per heavy atom. The van der Waals surface area contributed by atoms with Crippen LogP contribution in [0.2, 0.25) is 0 Å². The lowest BCUT2D eigenvalue weighted by Crippen LogP contribution is -2.58. The first-order valence-electron chi connectivity index (χ1n) is 8.34. The van der Waals surface area contributed by atoms with Gasteiger partial charge in [0.15, 0.2) is 0 Å². The van der Waals surface area contributed by atoms with E-state index in [1.807, 2.05) is 0 Å². The van der Waals surface area contributed by atoms with Crippen molar-refractivity contribution in [3.05, 3.63) is 71.3 Å². The van der Waals surface area contributed by atoms with Gasteiger partial charge in [-0.2, -0.15) is 0 Å². The lowest BCUT2D eigenvalue weighted by molar-refractivity contribution is -0.0415. The van der Waals surface area contributed by atoms with Gasteiger partial charge >= 0.3 is 0 Å². The van der Waals surface area contributed by atoms with Gasteiger partial charge in [-0.3, -0.25) is 9.59 Å². The molecule has 0 unspecified atom stereocenters. The Labute approximate surface area is 152 Å². The van der Waals surface area contributed by atoms with Crippen molar-refractivity contribution in [2.24, 2.45) is 0 Å². The van der Waals surface area contributed by atoms with Crippen LogP contribution in [0, 0.1) is 11.6 Å². The number of hydrogen-bond donors (Lipinski definition) is 0. The van der Waals surface area contributed by atoms with Crippen molar-refractivity contribution in [1.29, 1.82) is 0 Å². The van der Waals surface area contributed by atoms with E-state index in [2.05, 4.69) is 0 Å². The van der Waals surface area contributed by atoms with Gasteiger partial charge in [0.2, 0.25) is 0 Å². The summed E-state index contributed by atoms with van der Waals surface area (Å²) in [5.41, 5.74) is -1.14. The number of carbonyl (C=O) groups is 2. The summed E-state index contributed by atoms with van der Waals surface area (Å²) in [6.07, 6.45) is 0. The second-order valence-electron chi connectivity index (χ2n) is 6.77. The highest BCUT2D eigenvalue weighted by atomic mass is 19.1. The molecule has 2 amide bonds. The van der Waals surface area contributed by atoms with E-state index in [-0.39, 0.29) is 17.7 Å². The van der Waals surface area contributed by atoms with Crippen molar-refractivity contribution >= 4 is 11.8 Å². The summed E-state index contributed by atoms with van der Waals surface area (Å²) < 4.78 is 28.2. The monoisotopic (exact) mass is 360 g/mol. The van der Waals surface area contributed by atoms with Gasteiger partial charge in [-0.1, -0.05) is 24.3 Å². The molecular weight excluding hydrogens is 338 g/mol. The first-order valence-corrected chi connectivity index (χ1v) is 8.34. The standard InChI is InChI=1S/C20H22F2N2O2/c1-5-23(18(25)14-10-6-8-12-16(14)21)24(20(2,3)4)19(26)15-11-7-9-13-17(15)22/h6-13H,5H2,1-4H3. The van der Waals surface area contributed by atoms with Crippen LogP contribution in [0.15, 0.2) is 48.5 Å². The zero-order valence-corrected chi connectivity index (χ0v) is 15.3. The molecule has 0 radical (unpaired) electrons. The van der Waals surface area contributed by atoms with Gasteiger partial charge in [-0.05, 0) is 52.0 Å². The highest BCUT2D eigenvalue weighted by Gasteiger charge is 2.36. The number of hydrazine groups is 1. The lowest BCUT2D eigenvalue weighted by Gasteiger charge is -2.43. The number of nitrogens with zero attached hydrogens (tertiary/aromatic N) is 2. The van der Waals surface area contributed by atoms with Gasteiger partial charge in [0.1, 0.15) is 11.6 Å². The molecule has 0 saturated carbocycles. The number of rotatable bonds is 3. The van der Waals surface area contributed by atoms with E-state index in [0.29, 0.717) is 0 Å². The molecule has 6 heteroatoms. The minimum Gasteiger partial charge on any atom is -0.267 e. The van der Waals surface area contributed by atoms with Crippen LogP contribution in [0.1, 0.15) is 48.4 Å². The van der Waals surface area contributed by atoms with Crippen LogP contribution in [0.3, 0.4) is 0 Å². The Kier molecular flexibility index (Phi) is 5.75. The smallest absolute Gasteiger partial charge is 0.267 e. The zero-order valence-electron chi connectivity index (χ0n) is 15.3. The van der Waals surface area contributed by atoms with Gasteiger partial charge < -0.3 is 0 Å². The van der Waals surface area contributed by atoms with E-state index < -0.39 is 29.0 Å². The maximum Gasteiger partial charge on any atom is 0.275 e. The molecule has 0 spiro atoms. The molecule has 0 bridgehead atoms. The fourth-order valence-electron chi connectivity index (χ4n) is 2.67. The van der Waals surface area contributed by atoms with E-state index in [9.17, 15) is 18.4 Å². The molecule has 0 fully saturated rings. The molecule has 0 aliphatic carbocycles. The van der Waals surface area contributed by atoms with Crippen molar-refractivity contribution in [3.63, 3.8) is 0 Å². The van der Waals surface area contributed by atoms with Crippen LogP contribution in [0.4, 0.5) is 8.78 Å². The van der Waals surface area contributed by atoms with Gasteiger partial charge in [0, 0.05) is 6.54 Å². The Balaban J connectivity index is 2.51. The molecule has 26 heavy (non-hydrogen) atoms. The minimum atomic E-state index is -0.837. The second kappa shape index (κ2) is 7.64. The molecule has 0 aromatic heterocycles. The maximum atomic E-state index is 14.1. The van der Waals surface area contributed by atoms with Crippen LogP contribution in [0.5, 0.6) is 0 Å². The van der Waals surface area contributed by atoms with E-state index in [4.69, 9.17) is 0 Å². The molecule has 0 saturated heterocycles. The summed E-state index contributed by atoms with van der Waals surface area (Å²) in [5, 5.41) is 2.33. The van der Waals surface area contributed by atoms with Crippen molar-refractivity contribution in [2.75, 3.05) is 6.54 Å². The Morgan fingerprint density at radius 2 is 1.27 bits per heavy atom.